The Morgan fingerprint density at radius 1 is 1.35 bits per heavy atom. The second kappa shape index (κ2) is 5.39. The van der Waals surface area contributed by atoms with Crippen LogP contribution in [0.4, 0.5) is 8.78 Å². The van der Waals surface area contributed by atoms with E-state index in [1.54, 1.807) is 6.07 Å². The number of benzene rings is 1. The quantitative estimate of drug-likeness (QED) is 0.662. The Morgan fingerprint density at radius 3 is 2.80 bits per heavy atom. The van der Waals surface area contributed by atoms with Crippen molar-refractivity contribution in [3.8, 4) is 0 Å². The average molecular weight is 282 g/mol. The fourth-order valence-corrected chi connectivity index (χ4v) is 3.51. The first-order valence-corrected chi connectivity index (χ1v) is 7.19. The van der Waals surface area contributed by atoms with Crippen molar-refractivity contribution < 1.29 is 13.5 Å². The highest BCUT2D eigenvalue weighted by molar-refractivity contribution is 5.23. The summed E-state index contributed by atoms with van der Waals surface area (Å²) in [6, 6.07) is 3.89. The molecule has 1 aromatic carbocycles. The highest BCUT2D eigenvalue weighted by Crippen LogP contribution is 2.47. The number of halogens is 2. The Kier molecular flexibility index (Phi) is 3.75. The first-order valence-electron chi connectivity index (χ1n) is 7.19. The van der Waals surface area contributed by atoms with Crippen LogP contribution in [0.3, 0.4) is 0 Å². The van der Waals surface area contributed by atoms with Crippen molar-refractivity contribution >= 4 is 0 Å². The molecule has 5 heteroatoms. The van der Waals surface area contributed by atoms with Crippen LogP contribution >= 0.6 is 0 Å². The standard InChI is InChI=1S/C15H20F2N2O/c16-12-4-1-3-11(13(12)17)14(19-18)10-5-8-20-15(9-10)6-2-7-15/h1,3-4,10,14,19H,2,5-9,18H2. The van der Waals surface area contributed by atoms with Gasteiger partial charge in [-0.15, -0.1) is 0 Å². The van der Waals surface area contributed by atoms with E-state index >= 15 is 0 Å². The van der Waals surface area contributed by atoms with Gasteiger partial charge in [0.1, 0.15) is 0 Å². The fraction of sp³-hybridized carbons (Fsp3) is 0.600. The summed E-state index contributed by atoms with van der Waals surface area (Å²) in [6.07, 6.45) is 4.98. The second-order valence-corrected chi connectivity index (χ2v) is 5.93. The highest BCUT2D eigenvalue weighted by Gasteiger charge is 2.44. The molecule has 1 aliphatic carbocycles. The molecular weight excluding hydrogens is 262 g/mol. The zero-order chi connectivity index (χ0) is 14.2. The molecule has 3 nitrogen and oxygen atoms in total. The van der Waals surface area contributed by atoms with Gasteiger partial charge in [0.2, 0.25) is 0 Å². The van der Waals surface area contributed by atoms with Crippen molar-refractivity contribution in [2.24, 2.45) is 11.8 Å². The second-order valence-electron chi connectivity index (χ2n) is 5.93. The molecule has 1 heterocycles. The summed E-state index contributed by atoms with van der Waals surface area (Å²) in [6.45, 7) is 0.666. The molecule has 1 aliphatic heterocycles. The molecule has 0 aromatic heterocycles. The molecule has 110 valence electrons. The molecule has 0 radical (unpaired) electrons. The third-order valence-corrected chi connectivity index (χ3v) is 4.76. The number of hydrogen-bond acceptors (Lipinski definition) is 3. The molecule has 3 rings (SSSR count). The summed E-state index contributed by atoms with van der Waals surface area (Å²) in [5, 5.41) is 0. The van der Waals surface area contributed by atoms with Crippen molar-refractivity contribution in [1.29, 1.82) is 0 Å². The third kappa shape index (κ3) is 2.34. The van der Waals surface area contributed by atoms with Crippen LogP contribution < -0.4 is 11.3 Å². The lowest BCUT2D eigenvalue weighted by Gasteiger charge is -2.48. The Morgan fingerprint density at radius 2 is 2.15 bits per heavy atom. The van der Waals surface area contributed by atoms with E-state index in [0.29, 0.717) is 12.2 Å². The maximum Gasteiger partial charge on any atom is 0.163 e. The van der Waals surface area contributed by atoms with Crippen LogP contribution in [0, 0.1) is 17.6 Å². The monoisotopic (exact) mass is 282 g/mol. The van der Waals surface area contributed by atoms with Crippen LogP contribution in [-0.2, 0) is 4.74 Å². The van der Waals surface area contributed by atoms with Gasteiger partial charge in [0.15, 0.2) is 11.6 Å². The van der Waals surface area contributed by atoms with Crippen molar-refractivity contribution in [2.45, 2.75) is 43.7 Å². The first kappa shape index (κ1) is 13.9. The minimum Gasteiger partial charge on any atom is -0.375 e. The van der Waals surface area contributed by atoms with E-state index in [4.69, 9.17) is 10.6 Å². The molecule has 0 bridgehead atoms. The van der Waals surface area contributed by atoms with Gasteiger partial charge in [-0.3, -0.25) is 11.3 Å². The average Bonchev–Trinajstić information content (AvgIpc) is 2.43. The molecule has 2 fully saturated rings. The van der Waals surface area contributed by atoms with Crippen LogP contribution in [0.1, 0.15) is 43.7 Å². The number of rotatable bonds is 3. The summed E-state index contributed by atoms with van der Waals surface area (Å²) in [4.78, 5) is 0. The van der Waals surface area contributed by atoms with Crippen LogP contribution in [0.5, 0.6) is 0 Å². The zero-order valence-electron chi connectivity index (χ0n) is 11.4. The molecule has 1 saturated carbocycles. The number of nitrogens with two attached hydrogens (primary N) is 1. The predicted molar refractivity (Wildman–Crippen MR) is 71.7 cm³/mol. The molecule has 2 aliphatic rings. The maximum absolute atomic E-state index is 14.0. The Hall–Kier alpha value is -1.04. The van der Waals surface area contributed by atoms with Crippen LogP contribution in [0.25, 0.3) is 0 Å². The normalized spacial score (nSPS) is 26.2. The molecule has 20 heavy (non-hydrogen) atoms. The molecule has 2 atom stereocenters. The van der Waals surface area contributed by atoms with E-state index in [0.717, 1.165) is 31.7 Å². The zero-order valence-corrected chi connectivity index (χ0v) is 11.4. The molecular formula is C15H20F2N2O. The molecule has 0 amide bonds. The van der Waals surface area contributed by atoms with Gasteiger partial charge >= 0.3 is 0 Å². The molecule has 1 spiro atoms. The van der Waals surface area contributed by atoms with Crippen molar-refractivity contribution in [2.75, 3.05) is 6.61 Å². The minimum absolute atomic E-state index is 0.0399. The fourth-order valence-electron chi connectivity index (χ4n) is 3.51. The summed E-state index contributed by atoms with van der Waals surface area (Å²) < 4.78 is 33.3. The lowest BCUT2D eigenvalue weighted by atomic mass is 9.69. The predicted octanol–water partition coefficient (Wildman–Crippen LogP) is 2.82. The molecule has 3 N–H and O–H groups in total. The highest BCUT2D eigenvalue weighted by atomic mass is 19.2. The SMILES string of the molecule is NNC(c1cccc(F)c1F)C1CCOC2(CCC2)C1. The largest absolute Gasteiger partial charge is 0.375 e. The summed E-state index contributed by atoms with van der Waals surface area (Å²) in [5.74, 6) is 4.17. The van der Waals surface area contributed by atoms with Gasteiger partial charge in [-0.25, -0.2) is 8.78 Å². The lowest BCUT2D eigenvalue weighted by molar-refractivity contribution is -0.147. The van der Waals surface area contributed by atoms with E-state index in [9.17, 15) is 8.78 Å². The minimum atomic E-state index is -0.826. The lowest BCUT2D eigenvalue weighted by Crippen LogP contribution is -2.48. The van der Waals surface area contributed by atoms with Crippen LogP contribution in [-0.4, -0.2) is 12.2 Å². The number of hydrogen-bond donors (Lipinski definition) is 2. The van der Waals surface area contributed by atoms with E-state index < -0.39 is 11.6 Å². The summed E-state index contributed by atoms with van der Waals surface area (Å²) in [7, 11) is 0. The van der Waals surface area contributed by atoms with Gasteiger partial charge in [-0.05, 0) is 44.1 Å². The van der Waals surface area contributed by atoms with Crippen molar-refractivity contribution in [3.63, 3.8) is 0 Å². The number of hydrazine groups is 1. The maximum atomic E-state index is 14.0. The summed E-state index contributed by atoms with van der Waals surface area (Å²) >= 11 is 0. The summed E-state index contributed by atoms with van der Waals surface area (Å²) in [5.41, 5.74) is 2.95. The van der Waals surface area contributed by atoms with E-state index in [1.807, 2.05) is 0 Å². The van der Waals surface area contributed by atoms with Gasteiger partial charge in [0.05, 0.1) is 11.6 Å². The van der Waals surface area contributed by atoms with Gasteiger partial charge in [-0.1, -0.05) is 12.1 Å². The van der Waals surface area contributed by atoms with Gasteiger partial charge < -0.3 is 4.74 Å². The molecule has 1 saturated heterocycles. The Labute approximate surface area is 117 Å². The van der Waals surface area contributed by atoms with Crippen molar-refractivity contribution in [1.82, 2.24) is 5.43 Å². The molecule has 2 unspecified atom stereocenters. The number of nitrogens with one attached hydrogen (secondary N) is 1. The molecule has 1 aromatic rings. The van der Waals surface area contributed by atoms with Gasteiger partial charge in [-0.2, -0.15) is 0 Å². The van der Waals surface area contributed by atoms with Crippen LogP contribution in [0.2, 0.25) is 0 Å². The number of ether oxygens (including phenoxy) is 1. The Balaban J connectivity index is 1.84. The van der Waals surface area contributed by atoms with E-state index in [-0.39, 0.29) is 17.6 Å². The van der Waals surface area contributed by atoms with E-state index in [2.05, 4.69) is 5.43 Å². The van der Waals surface area contributed by atoms with Crippen molar-refractivity contribution in [3.05, 3.63) is 35.4 Å². The van der Waals surface area contributed by atoms with E-state index in [1.165, 1.54) is 12.5 Å². The Bertz CT molecular complexity index is 491. The third-order valence-electron chi connectivity index (χ3n) is 4.76. The van der Waals surface area contributed by atoms with Crippen LogP contribution in [0.15, 0.2) is 18.2 Å². The smallest absolute Gasteiger partial charge is 0.163 e. The topological polar surface area (TPSA) is 47.3 Å². The van der Waals surface area contributed by atoms with Gasteiger partial charge in [0.25, 0.3) is 0 Å². The van der Waals surface area contributed by atoms with Gasteiger partial charge in [0, 0.05) is 12.2 Å². The first-order chi connectivity index (χ1) is 9.65.